The number of hydrogen-bond donors (Lipinski definition) is 6. The van der Waals surface area contributed by atoms with Gasteiger partial charge in [-0.3, -0.25) is 14.4 Å². The fourth-order valence-corrected chi connectivity index (χ4v) is 4.90. The molecule has 1 atom stereocenters. The fourth-order valence-electron chi connectivity index (χ4n) is 4.77. The molecule has 1 aliphatic rings. The van der Waals surface area contributed by atoms with Crippen LogP contribution in [0.3, 0.4) is 0 Å². The zero-order chi connectivity index (χ0) is 37.3. The smallest absolute Gasteiger partial charge is 0.422 e. The van der Waals surface area contributed by atoms with Gasteiger partial charge in [-0.15, -0.1) is 0 Å². The summed E-state index contributed by atoms with van der Waals surface area (Å²) in [6.07, 6.45) is 0.281. The van der Waals surface area contributed by atoms with Crippen LogP contribution in [0.25, 0.3) is 0 Å². The van der Waals surface area contributed by atoms with Crippen molar-refractivity contribution in [2.75, 3.05) is 37.4 Å². The number of esters is 1. The third-order valence-electron chi connectivity index (χ3n) is 7.57. The van der Waals surface area contributed by atoms with Gasteiger partial charge in [0, 0.05) is 42.0 Å². The minimum atomic E-state index is -4.64. The van der Waals surface area contributed by atoms with Crippen molar-refractivity contribution < 1.29 is 41.8 Å². The van der Waals surface area contributed by atoms with Gasteiger partial charge in [0.2, 0.25) is 11.9 Å². The number of ether oxygens (including phenoxy) is 2. The molecule has 2 aromatic heterocycles. The van der Waals surface area contributed by atoms with Crippen LogP contribution in [0.2, 0.25) is 5.02 Å². The van der Waals surface area contributed by atoms with E-state index >= 15 is 0 Å². The van der Waals surface area contributed by atoms with E-state index in [1.807, 2.05) is 12.1 Å². The lowest BCUT2D eigenvalue weighted by Crippen LogP contribution is -2.51. The van der Waals surface area contributed by atoms with Crippen LogP contribution >= 0.6 is 11.6 Å². The molecule has 4 aromatic rings. The number of methoxy groups -OCH3 is 1. The lowest BCUT2D eigenvalue weighted by molar-refractivity contribution is -0.154. The lowest BCUT2D eigenvalue weighted by atomic mass is 10.1. The van der Waals surface area contributed by atoms with Crippen molar-refractivity contribution >= 4 is 52.9 Å². The molecule has 0 spiro atoms. The van der Waals surface area contributed by atoms with E-state index in [0.717, 1.165) is 12.7 Å². The first-order valence-electron chi connectivity index (χ1n) is 15.6. The largest absolute Gasteiger partial charge is 0.467 e. The molecule has 6 N–H and O–H groups in total. The van der Waals surface area contributed by atoms with E-state index in [2.05, 4.69) is 51.5 Å². The molecule has 52 heavy (non-hydrogen) atoms. The summed E-state index contributed by atoms with van der Waals surface area (Å²) in [5, 5.41) is 13.7. The standard InChI is InChI=1S/C32H32ClF3N10O6/c1-51-27(50)23(15-39-26(49)25(48)38-13-10-22-14-37-17-40-22)42-24(47)18-2-8-21(9-3-18)41-28-43-29(45-30(44-28)52-16-32(34,35)36)46-31(11-12-31)19-4-6-20(33)7-5-19/h2-9,14,17,23H,10-13,15-16H2,1H3,(H,37,40)(H,38,48)(H,39,49)(H,42,47)(H2,41,43,44,45,46)/t23-/m0/s1. The Hall–Kier alpha value is -5.98. The number of aromatic amines is 1. The predicted octanol–water partition coefficient (Wildman–Crippen LogP) is 2.78. The quantitative estimate of drug-likeness (QED) is 0.0766. The fraction of sp³-hybridized carbons (Fsp3) is 0.312. The van der Waals surface area contributed by atoms with Gasteiger partial charge in [0.1, 0.15) is 6.04 Å². The van der Waals surface area contributed by atoms with E-state index < -0.39 is 60.6 Å². The van der Waals surface area contributed by atoms with Gasteiger partial charge in [-0.1, -0.05) is 23.7 Å². The average molecular weight is 745 g/mol. The van der Waals surface area contributed by atoms with Crippen molar-refractivity contribution in [3.63, 3.8) is 0 Å². The first-order chi connectivity index (χ1) is 24.8. The van der Waals surface area contributed by atoms with Crippen LogP contribution in [0.1, 0.15) is 34.5 Å². The summed E-state index contributed by atoms with van der Waals surface area (Å²) in [4.78, 5) is 68.8. The van der Waals surface area contributed by atoms with Gasteiger partial charge in [-0.2, -0.15) is 28.1 Å². The zero-order valence-corrected chi connectivity index (χ0v) is 28.1. The number of aromatic nitrogens is 5. The number of amides is 3. The number of imidazole rings is 1. The first-order valence-corrected chi connectivity index (χ1v) is 16.0. The molecular weight excluding hydrogens is 713 g/mol. The molecular formula is C32H32ClF3N10O6. The van der Waals surface area contributed by atoms with Crippen LogP contribution in [-0.4, -0.2) is 87.6 Å². The molecule has 1 saturated carbocycles. The van der Waals surface area contributed by atoms with E-state index in [1.165, 1.54) is 30.6 Å². The van der Waals surface area contributed by atoms with Gasteiger partial charge in [-0.25, -0.2) is 9.78 Å². The highest BCUT2D eigenvalue weighted by Gasteiger charge is 2.45. The number of hydrogen-bond acceptors (Lipinski definition) is 12. The van der Waals surface area contributed by atoms with Crippen LogP contribution < -0.4 is 31.3 Å². The van der Waals surface area contributed by atoms with Crippen molar-refractivity contribution in [2.24, 2.45) is 0 Å². The Balaban J connectivity index is 1.21. The molecule has 274 valence electrons. The van der Waals surface area contributed by atoms with E-state index in [-0.39, 0.29) is 24.0 Å². The molecule has 0 unspecified atom stereocenters. The number of halogens is 4. The SMILES string of the molecule is COC(=O)[C@H](CNC(=O)C(=O)NCCc1c[nH]cn1)NC(=O)c1ccc(Nc2nc(NC3(c4ccc(Cl)cc4)CC3)nc(OCC(F)(F)F)n2)cc1. The highest BCUT2D eigenvalue weighted by Crippen LogP contribution is 2.48. The topological polar surface area (TPSA) is 214 Å². The highest BCUT2D eigenvalue weighted by atomic mass is 35.5. The van der Waals surface area contributed by atoms with E-state index in [1.54, 1.807) is 18.3 Å². The second kappa shape index (κ2) is 16.4. The molecule has 1 fully saturated rings. The van der Waals surface area contributed by atoms with E-state index in [0.29, 0.717) is 35.7 Å². The summed E-state index contributed by atoms with van der Waals surface area (Å²) in [5.74, 6) is -3.75. The second-order valence-electron chi connectivity index (χ2n) is 11.4. The van der Waals surface area contributed by atoms with Crippen LogP contribution in [0, 0.1) is 0 Å². The minimum Gasteiger partial charge on any atom is -0.467 e. The van der Waals surface area contributed by atoms with Crippen molar-refractivity contribution in [3.05, 3.63) is 82.9 Å². The molecule has 0 aliphatic heterocycles. The minimum absolute atomic E-state index is 0.0365. The normalized spacial score (nSPS) is 13.6. The highest BCUT2D eigenvalue weighted by molar-refractivity contribution is 6.35. The molecule has 0 saturated heterocycles. The predicted molar refractivity (Wildman–Crippen MR) is 179 cm³/mol. The second-order valence-corrected chi connectivity index (χ2v) is 11.8. The Kier molecular flexibility index (Phi) is 11.7. The number of rotatable bonds is 15. The Morgan fingerprint density at radius 1 is 0.962 bits per heavy atom. The van der Waals surface area contributed by atoms with Crippen molar-refractivity contribution in [1.29, 1.82) is 0 Å². The Bertz CT molecular complexity index is 1880. The van der Waals surface area contributed by atoms with Gasteiger partial charge in [-0.05, 0) is 54.8 Å². The van der Waals surface area contributed by atoms with E-state index in [9.17, 15) is 32.3 Å². The van der Waals surface area contributed by atoms with Crippen molar-refractivity contribution in [3.8, 4) is 6.01 Å². The van der Waals surface area contributed by atoms with Gasteiger partial charge in [0.05, 0.1) is 24.7 Å². The van der Waals surface area contributed by atoms with Gasteiger partial charge < -0.3 is 41.0 Å². The average Bonchev–Trinajstić information content (AvgIpc) is 3.70. The summed E-state index contributed by atoms with van der Waals surface area (Å²) < 4.78 is 48.3. The lowest BCUT2D eigenvalue weighted by Gasteiger charge is -2.19. The molecule has 0 bridgehead atoms. The molecule has 20 heteroatoms. The Morgan fingerprint density at radius 3 is 2.29 bits per heavy atom. The van der Waals surface area contributed by atoms with E-state index in [4.69, 9.17) is 21.1 Å². The molecule has 5 rings (SSSR count). The summed E-state index contributed by atoms with van der Waals surface area (Å²) in [5.41, 5.74) is 1.44. The monoisotopic (exact) mass is 744 g/mol. The summed E-state index contributed by atoms with van der Waals surface area (Å²) >= 11 is 6.02. The van der Waals surface area contributed by atoms with Gasteiger partial charge >= 0.3 is 30.0 Å². The van der Waals surface area contributed by atoms with Crippen molar-refractivity contribution in [2.45, 2.75) is 37.0 Å². The van der Waals surface area contributed by atoms with Gasteiger partial charge in [0.25, 0.3) is 5.91 Å². The third kappa shape index (κ3) is 10.5. The number of anilines is 3. The molecule has 16 nitrogen and oxygen atoms in total. The summed E-state index contributed by atoms with van der Waals surface area (Å²) in [7, 11) is 1.09. The van der Waals surface area contributed by atoms with Gasteiger partial charge in [0.15, 0.2) is 6.61 Å². The zero-order valence-electron chi connectivity index (χ0n) is 27.3. The van der Waals surface area contributed by atoms with Crippen LogP contribution in [0.15, 0.2) is 61.1 Å². The van der Waals surface area contributed by atoms with Crippen LogP contribution in [0.4, 0.5) is 30.8 Å². The Labute approximate surface area is 298 Å². The van der Waals surface area contributed by atoms with Crippen LogP contribution in [0.5, 0.6) is 6.01 Å². The molecule has 0 radical (unpaired) electrons. The van der Waals surface area contributed by atoms with Crippen LogP contribution in [-0.2, 0) is 31.1 Å². The Morgan fingerprint density at radius 2 is 1.65 bits per heavy atom. The maximum absolute atomic E-state index is 13.0. The van der Waals surface area contributed by atoms with Crippen molar-refractivity contribution in [1.82, 2.24) is 40.9 Å². The molecule has 2 aromatic carbocycles. The number of carbonyl (C=O) groups is 4. The number of nitrogens with one attached hydrogen (secondary N) is 6. The number of benzene rings is 2. The maximum atomic E-state index is 13.0. The number of alkyl halides is 3. The molecule has 3 amide bonds. The first kappa shape index (κ1) is 37.3. The molecule has 1 aliphatic carbocycles. The maximum Gasteiger partial charge on any atom is 0.422 e. The number of carbonyl (C=O) groups excluding carboxylic acids is 4. The molecule has 2 heterocycles. The number of nitrogens with zero attached hydrogens (tertiary/aromatic N) is 4. The summed E-state index contributed by atoms with van der Waals surface area (Å²) in [6, 6.07) is 10.9. The summed E-state index contributed by atoms with van der Waals surface area (Å²) in [6.45, 7) is -1.93. The third-order valence-corrected chi connectivity index (χ3v) is 7.82. The number of H-pyrrole nitrogens is 1.